The number of hydrogen-bond acceptors (Lipinski definition) is 9. The van der Waals surface area contributed by atoms with Crippen LogP contribution in [0.15, 0.2) is 122 Å². The molecule has 0 aromatic rings. The summed E-state index contributed by atoms with van der Waals surface area (Å²) in [6, 6.07) is 0. The summed E-state index contributed by atoms with van der Waals surface area (Å²) < 4.78 is 32.6. The van der Waals surface area contributed by atoms with Gasteiger partial charge in [0, 0.05) is 12.8 Å². The van der Waals surface area contributed by atoms with Gasteiger partial charge in [-0.15, -0.1) is 0 Å². The Morgan fingerprint density at radius 2 is 0.983 bits per heavy atom. The van der Waals surface area contributed by atoms with Crippen molar-refractivity contribution in [1.82, 2.24) is 0 Å². The minimum atomic E-state index is -4.65. The third kappa shape index (κ3) is 42.3. The number of phosphoric ester groups is 1. The van der Waals surface area contributed by atoms with Crippen molar-refractivity contribution in [2.24, 2.45) is 0 Å². The van der Waals surface area contributed by atoms with E-state index in [2.05, 4.69) is 85.2 Å². The number of carbonyl (C=O) groups is 2. The van der Waals surface area contributed by atoms with Crippen LogP contribution in [0.2, 0.25) is 0 Å². The molecular formula is C48H75O10P. The van der Waals surface area contributed by atoms with Gasteiger partial charge in [0.05, 0.1) is 19.8 Å². The molecule has 0 saturated carbocycles. The van der Waals surface area contributed by atoms with Crippen LogP contribution in [0.1, 0.15) is 129 Å². The maximum Gasteiger partial charge on any atom is 0.472 e. The first-order valence-electron chi connectivity index (χ1n) is 21.6. The van der Waals surface area contributed by atoms with Crippen LogP contribution in [-0.2, 0) is 32.7 Å². The Hall–Kier alpha value is -3.63. The van der Waals surface area contributed by atoms with E-state index in [4.69, 9.17) is 19.1 Å². The minimum absolute atomic E-state index is 0.0772. The molecule has 11 heteroatoms. The third-order valence-electron chi connectivity index (χ3n) is 8.24. The number of aliphatic hydroxyl groups is 2. The Kier molecular flexibility index (Phi) is 39.9. The number of esters is 2. The molecule has 0 aliphatic heterocycles. The van der Waals surface area contributed by atoms with Crippen LogP contribution in [0.5, 0.6) is 0 Å². The predicted octanol–water partition coefficient (Wildman–Crippen LogP) is 11.6. The van der Waals surface area contributed by atoms with Crippen molar-refractivity contribution in [1.29, 1.82) is 0 Å². The van der Waals surface area contributed by atoms with Crippen LogP contribution in [0, 0.1) is 0 Å². The van der Waals surface area contributed by atoms with E-state index in [1.165, 1.54) is 6.42 Å². The number of allylic oxidation sites excluding steroid dienone is 20. The molecule has 0 radical (unpaired) electrons. The number of phosphoric acid groups is 1. The monoisotopic (exact) mass is 843 g/mol. The second-order valence-electron chi connectivity index (χ2n) is 13.7. The maximum absolute atomic E-state index is 12.6. The van der Waals surface area contributed by atoms with E-state index in [-0.39, 0.29) is 19.4 Å². The van der Waals surface area contributed by atoms with Gasteiger partial charge < -0.3 is 24.6 Å². The molecule has 0 aliphatic rings. The highest BCUT2D eigenvalue weighted by Crippen LogP contribution is 2.43. The van der Waals surface area contributed by atoms with Gasteiger partial charge >= 0.3 is 19.8 Å². The van der Waals surface area contributed by atoms with Gasteiger partial charge in [-0.3, -0.25) is 18.6 Å². The number of unbranched alkanes of at least 4 members (excludes halogenated alkanes) is 8. The number of rotatable bonds is 38. The van der Waals surface area contributed by atoms with Crippen molar-refractivity contribution in [2.45, 2.75) is 142 Å². The molecule has 0 aromatic heterocycles. The largest absolute Gasteiger partial charge is 0.472 e. The zero-order valence-corrected chi connectivity index (χ0v) is 36.8. The Morgan fingerprint density at radius 1 is 0.525 bits per heavy atom. The second kappa shape index (κ2) is 42.5. The van der Waals surface area contributed by atoms with Gasteiger partial charge in [0.1, 0.15) is 12.7 Å². The van der Waals surface area contributed by atoms with Gasteiger partial charge in [0.2, 0.25) is 0 Å². The van der Waals surface area contributed by atoms with Gasteiger partial charge in [0.25, 0.3) is 0 Å². The topological polar surface area (TPSA) is 149 Å². The molecule has 0 bridgehead atoms. The molecule has 0 saturated heterocycles. The lowest BCUT2D eigenvalue weighted by Crippen LogP contribution is -2.29. The van der Waals surface area contributed by atoms with Crippen molar-refractivity contribution >= 4 is 19.8 Å². The Labute approximate surface area is 356 Å². The van der Waals surface area contributed by atoms with Gasteiger partial charge in [-0.05, 0) is 70.6 Å². The number of hydrogen-bond donors (Lipinski definition) is 3. The van der Waals surface area contributed by atoms with Crippen molar-refractivity contribution in [2.75, 3.05) is 26.4 Å². The first-order chi connectivity index (χ1) is 28.7. The zero-order valence-electron chi connectivity index (χ0n) is 35.9. The van der Waals surface area contributed by atoms with Crippen LogP contribution < -0.4 is 0 Å². The highest BCUT2D eigenvalue weighted by atomic mass is 31.2. The molecule has 10 nitrogen and oxygen atoms in total. The van der Waals surface area contributed by atoms with Gasteiger partial charge in [0.15, 0.2) is 6.10 Å². The van der Waals surface area contributed by atoms with Crippen LogP contribution >= 0.6 is 7.82 Å². The summed E-state index contributed by atoms with van der Waals surface area (Å²) in [5.41, 5.74) is 0. The van der Waals surface area contributed by atoms with E-state index in [9.17, 15) is 24.2 Å². The van der Waals surface area contributed by atoms with Crippen LogP contribution in [-0.4, -0.2) is 65.7 Å². The first-order valence-corrected chi connectivity index (χ1v) is 23.1. The zero-order chi connectivity index (χ0) is 43.3. The smallest absolute Gasteiger partial charge is 0.462 e. The van der Waals surface area contributed by atoms with E-state index in [0.717, 1.165) is 77.0 Å². The average Bonchev–Trinajstić information content (AvgIpc) is 3.22. The SMILES string of the molecule is CC/C=C/C=C/C=C/C=C/C=C/CCCC(=O)OC(COC(=O)CCCCCCCCC/C=C/C/C=C/C/C=C/C/C=C/C/C=C/CC)COP(=O)(O)OC[C@H](O)CO. The summed E-state index contributed by atoms with van der Waals surface area (Å²) in [5, 5.41) is 18.3. The van der Waals surface area contributed by atoms with Gasteiger partial charge in [-0.25, -0.2) is 4.57 Å². The molecule has 2 unspecified atom stereocenters. The normalized spacial score (nSPS) is 15.0. The molecule has 332 valence electrons. The van der Waals surface area contributed by atoms with Crippen molar-refractivity contribution in [3.05, 3.63) is 122 Å². The highest BCUT2D eigenvalue weighted by molar-refractivity contribution is 7.47. The Bertz CT molecular complexity index is 1390. The van der Waals surface area contributed by atoms with Crippen molar-refractivity contribution in [3.63, 3.8) is 0 Å². The molecule has 0 aliphatic carbocycles. The van der Waals surface area contributed by atoms with Gasteiger partial charge in [-0.2, -0.15) is 0 Å². The second-order valence-corrected chi connectivity index (χ2v) is 15.2. The summed E-state index contributed by atoms with van der Waals surface area (Å²) in [6.45, 7) is 1.98. The molecule has 0 aromatic carbocycles. The molecule has 0 amide bonds. The van der Waals surface area contributed by atoms with E-state index >= 15 is 0 Å². The van der Waals surface area contributed by atoms with Crippen LogP contribution in [0.3, 0.4) is 0 Å². The van der Waals surface area contributed by atoms with E-state index in [1.54, 1.807) is 0 Å². The minimum Gasteiger partial charge on any atom is -0.462 e. The fraction of sp³-hybridized carbons (Fsp3) is 0.542. The van der Waals surface area contributed by atoms with Crippen LogP contribution in [0.4, 0.5) is 0 Å². The quantitative estimate of drug-likeness (QED) is 0.0180. The Balaban J connectivity index is 4.36. The summed E-state index contributed by atoms with van der Waals surface area (Å²) in [4.78, 5) is 34.9. The molecule has 0 rings (SSSR count). The van der Waals surface area contributed by atoms with E-state index < -0.39 is 51.8 Å². The molecule has 3 N–H and O–H groups in total. The highest BCUT2D eigenvalue weighted by Gasteiger charge is 2.27. The van der Waals surface area contributed by atoms with Gasteiger partial charge in [-0.1, -0.05) is 167 Å². The fourth-order valence-corrected chi connectivity index (χ4v) is 5.78. The standard InChI is InChI=1S/C48H75O10P/c1-3-5-7-9-11-13-15-17-18-19-20-21-22-23-24-25-26-28-29-31-33-35-37-39-47(51)55-43-46(44-57-59(53,54)56-42-45(50)41-49)58-48(52)40-38-36-34-32-30-27-16-14-12-10-8-6-4-2/h5-8,10-14,16-18,20-21,23-24,27,30,32,34,45-46,49-50H,3-4,9,15,19,22,25-26,28-29,31,33,35-44H2,1-2H3,(H,53,54)/b7-5+,8-6+,12-10+,13-11+,16-14+,18-17+,21-20+,24-23+,30-27+,34-32+/t45-,46?/m1/s1. The molecule has 3 atom stereocenters. The summed E-state index contributed by atoms with van der Waals surface area (Å²) in [5.74, 6) is -1.04. The Morgan fingerprint density at radius 3 is 1.56 bits per heavy atom. The summed E-state index contributed by atoms with van der Waals surface area (Å²) in [6.07, 6.45) is 54.7. The molecule has 0 heterocycles. The average molecular weight is 843 g/mol. The summed E-state index contributed by atoms with van der Waals surface area (Å²) >= 11 is 0. The molecular weight excluding hydrogens is 767 g/mol. The lowest BCUT2D eigenvalue weighted by molar-refractivity contribution is -0.161. The lowest BCUT2D eigenvalue weighted by atomic mass is 10.1. The number of carbonyl (C=O) groups excluding carboxylic acids is 2. The first kappa shape index (κ1) is 55.4. The molecule has 0 fully saturated rings. The number of aliphatic hydroxyl groups excluding tert-OH is 2. The van der Waals surface area contributed by atoms with Crippen molar-refractivity contribution < 1.29 is 47.8 Å². The maximum atomic E-state index is 12.6. The number of ether oxygens (including phenoxy) is 2. The lowest BCUT2D eigenvalue weighted by Gasteiger charge is -2.20. The molecule has 59 heavy (non-hydrogen) atoms. The fourth-order valence-electron chi connectivity index (χ4n) is 4.99. The van der Waals surface area contributed by atoms with Crippen molar-refractivity contribution in [3.8, 4) is 0 Å². The predicted molar refractivity (Wildman–Crippen MR) is 242 cm³/mol. The molecule has 0 spiro atoms. The van der Waals surface area contributed by atoms with E-state index in [1.807, 2.05) is 54.7 Å². The summed E-state index contributed by atoms with van der Waals surface area (Å²) in [7, 11) is -4.65. The third-order valence-corrected chi connectivity index (χ3v) is 9.19. The van der Waals surface area contributed by atoms with E-state index in [0.29, 0.717) is 19.3 Å². The van der Waals surface area contributed by atoms with Crippen LogP contribution in [0.25, 0.3) is 0 Å².